The van der Waals surface area contributed by atoms with Crippen molar-refractivity contribution in [1.29, 1.82) is 0 Å². The average Bonchev–Trinajstić information content (AvgIpc) is 3.46. The number of hydrogen-bond donors (Lipinski definition) is 0. The van der Waals surface area contributed by atoms with Gasteiger partial charge < -0.3 is 14.2 Å². The smallest absolute Gasteiger partial charge is 0.306 e. The summed E-state index contributed by atoms with van der Waals surface area (Å²) < 4.78 is 17.0. The quantitative estimate of drug-likeness (QED) is 0.0261. The second-order valence-corrected chi connectivity index (χ2v) is 23.8. The highest BCUT2D eigenvalue weighted by atomic mass is 16.6. The summed E-state index contributed by atoms with van der Waals surface area (Å²) in [4.78, 5) is 38.5. The van der Waals surface area contributed by atoms with Crippen LogP contribution in [0.1, 0.15) is 374 Å². The summed E-state index contributed by atoms with van der Waals surface area (Å²) in [7, 11) is 0. The Kier molecular flexibility index (Phi) is 66.1. The number of allylic oxidation sites excluding steroid dienone is 10. The molecule has 0 spiro atoms. The van der Waals surface area contributed by atoms with Gasteiger partial charge >= 0.3 is 17.9 Å². The van der Waals surface area contributed by atoms with Crippen LogP contribution in [-0.2, 0) is 28.6 Å². The Morgan fingerprint density at radius 2 is 0.450 bits per heavy atom. The minimum atomic E-state index is -0.782. The summed E-state index contributed by atoms with van der Waals surface area (Å²) in [6, 6.07) is 0. The molecule has 0 aromatic rings. The second-order valence-electron chi connectivity index (χ2n) is 23.8. The zero-order chi connectivity index (χ0) is 57.8. The van der Waals surface area contributed by atoms with Crippen LogP contribution in [0.15, 0.2) is 60.8 Å². The van der Waals surface area contributed by atoms with Gasteiger partial charge in [0, 0.05) is 19.3 Å². The minimum absolute atomic E-state index is 0.0774. The molecule has 0 aliphatic heterocycles. The second kappa shape index (κ2) is 68.6. The van der Waals surface area contributed by atoms with Gasteiger partial charge in [0.05, 0.1) is 0 Å². The highest BCUT2D eigenvalue weighted by Crippen LogP contribution is 2.17. The Bertz CT molecular complexity index is 1430. The summed E-state index contributed by atoms with van der Waals surface area (Å²) in [6.07, 6.45) is 88.0. The van der Waals surface area contributed by atoms with E-state index in [1.165, 1.54) is 257 Å². The zero-order valence-electron chi connectivity index (χ0n) is 53.6. The van der Waals surface area contributed by atoms with E-state index in [0.717, 1.165) is 77.0 Å². The van der Waals surface area contributed by atoms with Crippen molar-refractivity contribution in [3.63, 3.8) is 0 Å². The van der Waals surface area contributed by atoms with Gasteiger partial charge in [-0.15, -0.1) is 0 Å². The van der Waals surface area contributed by atoms with Gasteiger partial charge in [-0.1, -0.05) is 306 Å². The predicted molar refractivity (Wildman–Crippen MR) is 348 cm³/mol. The predicted octanol–water partition coefficient (Wildman–Crippen LogP) is 24.3. The first-order valence-electron chi connectivity index (χ1n) is 35.3. The molecule has 0 aromatic heterocycles. The van der Waals surface area contributed by atoms with E-state index >= 15 is 0 Å². The first-order chi connectivity index (χ1) is 39.5. The summed E-state index contributed by atoms with van der Waals surface area (Å²) >= 11 is 0. The number of esters is 3. The van der Waals surface area contributed by atoms with Crippen LogP contribution in [0.4, 0.5) is 0 Å². The Hall–Kier alpha value is -2.89. The summed E-state index contributed by atoms with van der Waals surface area (Å²) in [5, 5.41) is 0. The van der Waals surface area contributed by atoms with Crippen molar-refractivity contribution < 1.29 is 28.6 Å². The van der Waals surface area contributed by atoms with Gasteiger partial charge in [-0.25, -0.2) is 0 Å². The topological polar surface area (TPSA) is 78.9 Å². The van der Waals surface area contributed by atoms with Crippen LogP contribution >= 0.6 is 0 Å². The van der Waals surface area contributed by atoms with Gasteiger partial charge in [0.1, 0.15) is 13.2 Å². The van der Waals surface area contributed by atoms with E-state index in [0.29, 0.717) is 19.3 Å². The van der Waals surface area contributed by atoms with E-state index in [9.17, 15) is 14.4 Å². The lowest BCUT2D eigenvalue weighted by atomic mass is 10.1. The van der Waals surface area contributed by atoms with Gasteiger partial charge in [0.15, 0.2) is 6.10 Å². The molecule has 6 nitrogen and oxygen atoms in total. The van der Waals surface area contributed by atoms with Crippen molar-refractivity contribution in [2.45, 2.75) is 380 Å². The van der Waals surface area contributed by atoms with Crippen molar-refractivity contribution in [2.24, 2.45) is 0 Å². The van der Waals surface area contributed by atoms with E-state index < -0.39 is 6.10 Å². The number of carbonyl (C=O) groups excluding carboxylic acids is 3. The Labute approximate surface area is 498 Å². The van der Waals surface area contributed by atoms with E-state index in [2.05, 4.69) is 81.5 Å². The van der Waals surface area contributed by atoms with Crippen molar-refractivity contribution in [2.75, 3.05) is 13.2 Å². The summed E-state index contributed by atoms with van der Waals surface area (Å²) in [5.41, 5.74) is 0. The monoisotopic (exact) mass is 1120 g/mol. The van der Waals surface area contributed by atoms with Crippen molar-refractivity contribution in [3.8, 4) is 0 Å². The Morgan fingerprint density at radius 3 is 0.713 bits per heavy atom. The van der Waals surface area contributed by atoms with Gasteiger partial charge in [0.25, 0.3) is 0 Å². The number of carbonyl (C=O) groups is 3. The van der Waals surface area contributed by atoms with E-state index in [1.54, 1.807) is 0 Å². The molecule has 0 amide bonds. The van der Waals surface area contributed by atoms with Crippen molar-refractivity contribution in [3.05, 3.63) is 60.8 Å². The molecule has 0 aliphatic carbocycles. The molecule has 0 bridgehead atoms. The lowest BCUT2D eigenvalue weighted by molar-refractivity contribution is -0.167. The number of ether oxygens (including phenoxy) is 3. The van der Waals surface area contributed by atoms with E-state index in [4.69, 9.17) is 14.2 Å². The van der Waals surface area contributed by atoms with Crippen LogP contribution in [0.3, 0.4) is 0 Å². The third-order valence-corrected chi connectivity index (χ3v) is 15.7. The van der Waals surface area contributed by atoms with E-state index in [-0.39, 0.29) is 31.1 Å². The Morgan fingerprint density at radius 1 is 0.250 bits per heavy atom. The molecule has 0 N–H and O–H groups in total. The average molecular weight is 1120 g/mol. The third kappa shape index (κ3) is 65.9. The first kappa shape index (κ1) is 77.1. The van der Waals surface area contributed by atoms with Crippen LogP contribution < -0.4 is 0 Å². The molecule has 0 heterocycles. The molecular weight excluding hydrogens is 985 g/mol. The molecule has 80 heavy (non-hydrogen) atoms. The van der Waals surface area contributed by atoms with Gasteiger partial charge in [0.2, 0.25) is 0 Å². The van der Waals surface area contributed by atoms with Crippen LogP contribution in [0, 0.1) is 0 Å². The summed E-state index contributed by atoms with van der Waals surface area (Å²) in [5.74, 6) is -0.868. The fourth-order valence-electron chi connectivity index (χ4n) is 10.4. The maximum Gasteiger partial charge on any atom is 0.306 e. The largest absolute Gasteiger partial charge is 0.462 e. The number of unbranched alkanes of at least 4 members (excludes halogenated alkanes) is 44. The molecule has 0 saturated carbocycles. The molecule has 0 rings (SSSR count). The molecule has 1 atom stereocenters. The molecule has 1 unspecified atom stereocenters. The van der Waals surface area contributed by atoms with E-state index in [1.807, 2.05) is 0 Å². The lowest BCUT2D eigenvalue weighted by Crippen LogP contribution is -2.30. The number of hydrogen-bond acceptors (Lipinski definition) is 6. The third-order valence-electron chi connectivity index (χ3n) is 15.7. The lowest BCUT2D eigenvalue weighted by Gasteiger charge is -2.18. The molecule has 0 fully saturated rings. The molecule has 0 aliphatic rings. The summed E-state index contributed by atoms with van der Waals surface area (Å²) in [6.45, 7) is 6.67. The number of rotatable bonds is 65. The fraction of sp³-hybridized carbons (Fsp3) is 0.824. The molecule has 6 heteroatoms. The van der Waals surface area contributed by atoms with Crippen LogP contribution in [0.2, 0.25) is 0 Å². The zero-order valence-corrected chi connectivity index (χ0v) is 53.6. The van der Waals surface area contributed by atoms with Gasteiger partial charge in [-0.3, -0.25) is 14.4 Å². The van der Waals surface area contributed by atoms with Crippen molar-refractivity contribution >= 4 is 17.9 Å². The van der Waals surface area contributed by atoms with Crippen LogP contribution in [0.5, 0.6) is 0 Å². The Balaban J connectivity index is 4.37. The highest BCUT2D eigenvalue weighted by Gasteiger charge is 2.19. The minimum Gasteiger partial charge on any atom is -0.462 e. The fourth-order valence-corrected chi connectivity index (χ4v) is 10.4. The van der Waals surface area contributed by atoms with Crippen molar-refractivity contribution in [1.82, 2.24) is 0 Å². The molecular formula is C74H134O6. The van der Waals surface area contributed by atoms with Crippen LogP contribution in [0.25, 0.3) is 0 Å². The first-order valence-corrected chi connectivity index (χ1v) is 35.3. The maximum atomic E-state index is 13.0. The molecule has 466 valence electrons. The maximum absolute atomic E-state index is 13.0. The molecule has 0 aromatic carbocycles. The molecule has 0 saturated heterocycles. The van der Waals surface area contributed by atoms with Crippen LogP contribution in [-0.4, -0.2) is 37.2 Å². The molecule has 0 radical (unpaired) electrons. The normalized spacial score (nSPS) is 12.4. The van der Waals surface area contributed by atoms with Gasteiger partial charge in [-0.2, -0.15) is 0 Å². The van der Waals surface area contributed by atoms with Gasteiger partial charge in [-0.05, 0) is 109 Å². The SMILES string of the molecule is CCCCCCC/C=C\C/C=C\C/C=C\CCCCCCCCCCC(=O)OCC(COC(=O)CCCCCCCCC/C=C\CCCCCCCCC)OC(=O)CCCCCCCCCCC/C=C\CCCCCCCCCC. The highest BCUT2D eigenvalue weighted by molar-refractivity contribution is 5.71. The standard InChI is InChI=1S/C74H134O6/c1-4-7-10-13-16-19-22-25-28-31-34-36-37-39-40-43-46-49-52-55-58-61-64-67-73(76)79-70-71(69-78-72(75)66-63-60-57-54-51-48-45-42-33-30-27-24-21-18-15-12-9-6-3)80-74(77)68-65-62-59-56-53-50-47-44-41-38-35-32-29-26-23-20-17-14-11-8-5-2/h22,25,30-35,37,39,71H,4-21,23-24,26-29,36,38,40-70H2,1-3H3/b25-22-,33-30-,34-31-,35-32-,39-37-.